The Bertz CT molecular complexity index is 988. The van der Waals surface area contributed by atoms with Crippen LogP contribution in [0.3, 0.4) is 0 Å². The van der Waals surface area contributed by atoms with Crippen LogP contribution in [0.5, 0.6) is 0 Å². The summed E-state index contributed by atoms with van der Waals surface area (Å²) in [4.78, 5) is 0. The van der Waals surface area contributed by atoms with E-state index in [1.807, 2.05) is 18.2 Å². The lowest BCUT2D eigenvalue weighted by Crippen LogP contribution is -2.20. The van der Waals surface area contributed by atoms with Gasteiger partial charge in [-0.3, -0.25) is 0 Å². The van der Waals surface area contributed by atoms with Crippen LogP contribution in [0.25, 0.3) is 22.3 Å². The van der Waals surface area contributed by atoms with Gasteiger partial charge < -0.3 is 0 Å². The minimum absolute atomic E-state index is 0.110. The fourth-order valence-corrected chi connectivity index (χ4v) is 7.83. The molecule has 3 aromatic rings. The van der Waals surface area contributed by atoms with E-state index in [0.29, 0.717) is 11.5 Å². The number of benzene rings is 3. The lowest BCUT2D eigenvalue weighted by atomic mass is 9.90. The molecule has 0 amide bonds. The molecule has 0 aliphatic carbocycles. The lowest BCUT2D eigenvalue weighted by molar-refractivity contribution is 0.509. The van der Waals surface area contributed by atoms with Crippen LogP contribution in [0.15, 0.2) is 66.7 Å². The van der Waals surface area contributed by atoms with Gasteiger partial charge in [-0.2, -0.15) is 0 Å². The Morgan fingerprint density at radius 1 is 0.774 bits per heavy atom. The van der Waals surface area contributed by atoms with E-state index in [0.717, 1.165) is 16.7 Å². The van der Waals surface area contributed by atoms with Crippen LogP contribution in [-0.4, -0.2) is 8.80 Å². The molecule has 0 saturated carbocycles. The summed E-state index contributed by atoms with van der Waals surface area (Å²) in [6, 6.07) is 25.4. The number of halogens is 2. The molecule has 1 heterocycles. The van der Waals surface area contributed by atoms with Crippen LogP contribution in [0.2, 0.25) is 18.1 Å². The average Bonchev–Trinajstić information content (AvgIpc) is 2.82. The fraction of sp³-hybridized carbons (Fsp3) is 0.357. The van der Waals surface area contributed by atoms with E-state index < -0.39 is 11.6 Å². The molecule has 0 unspecified atom stereocenters. The topological polar surface area (TPSA) is 0 Å². The standard InChI is InChI=1S/C28H31F2Si/c1-2-3-6-17-31-18-15-22(16-19-31)21-9-11-23(12-10-21)25-7-4-5-8-26(25)24-13-14-27(29)28(30)20-24/h4-5,7-14,20,22H,2-3,6,15-19H2,1H3. The van der Waals surface area contributed by atoms with Gasteiger partial charge in [-0.25, -0.2) is 8.78 Å². The van der Waals surface area contributed by atoms with E-state index in [9.17, 15) is 8.78 Å². The van der Waals surface area contributed by atoms with Gasteiger partial charge in [0.25, 0.3) is 0 Å². The molecule has 1 aliphatic heterocycles. The summed E-state index contributed by atoms with van der Waals surface area (Å²) < 4.78 is 27.2. The highest BCUT2D eigenvalue weighted by Crippen LogP contribution is 2.37. The second kappa shape index (κ2) is 10.4. The first kappa shape index (κ1) is 21.9. The van der Waals surface area contributed by atoms with Gasteiger partial charge in [0.2, 0.25) is 0 Å². The normalized spacial score (nSPS) is 15.3. The smallest absolute Gasteiger partial charge is 0.159 e. The van der Waals surface area contributed by atoms with E-state index in [-0.39, 0.29) is 8.80 Å². The summed E-state index contributed by atoms with van der Waals surface area (Å²) in [5.74, 6) is -0.932. The van der Waals surface area contributed by atoms with Crippen molar-refractivity contribution in [3.63, 3.8) is 0 Å². The van der Waals surface area contributed by atoms with Gasteiger partial charge in [-0.15, -0.1) is 0 Å². The quantitative estimate of drug-likeness (QED) is 0.258. The maximum Gasteiger partial charge on any atom is 0.159 e. The third-order valence-electron chi connectivity index (χ3n) is 6.68. The Morgan fingerprint density at radius 3 is 2.06 bits per heavy atom. The van der Waals surface area contributed by atoms with Crippen molar-refractivity contribution in [3.8, 4) is 22.3 Å². The van der Waals surface area contributed by atoms with Crippen molar-refractivity contribution in [2.24, 2.45) is 0 Å². The molecular weight excluding hydrogens is 402 g/mol. The Kier molecular flexibility index (Phi) is 7.34. The molecule has 1 fully saturated rings. The predicted octanol–water partition coefficient (Wildman–Crippen LogP) is 8.86. The molecule has 1 saturated heterocycles. The Morgan fingerprint density at radius 2 is 1.42 bits per heavy atom. The van der Waals surface area contributed by atoms with Gasteiger partial charge in [-0.1, -0.05) is 98.9 Å². The molecule has 3 heteroatoms. The van der Waals surface area contributed by atoms with E-state index >= 15 is 0 Å². The first-order valence-electron chi connectivity index (χ1n) is 11.6. The molecule has 0 atom stereocenters. The van der Waals surface area contributed by atoms with Gasteiger partial charge in [0, 0.05) is 8.80 Å². The molecular formula is C28H31F2Si. The van der Waals surface area contributed by atoms with Gasteiger partial charge in [-0.05, 0) is 58.7 Å². The monoisotopic (exact) mass is 433 g/mol. The molecule has 1 radical (unpaired) electrons. The van der Waals surface area contributed by atoms with Crippen LogP contribution >= 0.6 is 0 Å². The third kappa shape index (κ3) is 5.33. The molecule has 161 valence electrons. The number of unbranched alkanes of at least 4 members (excludes halogenated alkanes) is 2. The van der Waals surface area contributed by atoms with Crippen molar-refractivity contribution in [2.45, 2.75) is 63.1 Å². The SMILES string of the molecule is CCCCC[Si]1CCC(c2ccc(-c3ccccc3-c3ccc(F)c(F)c3)cc2)CC1. The van der Waals surface area contributed by atoms with Crippen molar-refractivity contribution >= 4 is 8.80 Å². The van der Waals surface area contributed by atoms with Crippen molar-refractivity contribution in [1.29, 1.82) is 0 Å². The van der Waals surface area contributed by atoms with E-state index in [4.69, 9.17) is 0 Å². The summed E-state index contributed by atoms with van der Waals surface area (Å²) in [5, 5.41) is 0. The molecule has 0 nitrogen and oxygen atoms in total. The van der Waals surface area contributed by atoms with Gasteiger partial charge >= 0.3 is 0 Å². The van der Waals surface area contributed by atoms with E-state index in [1.165, 1.54) is 67.9 Å². The highest BCUT2D eigenvalue weighted by molar-refractivity contribution is 6.59. The highest BCUT2D eigenvalue weighted by atomic mass is 28.3. The summed E-state index contributed by atoms with van der Waals surface area (Å²) in [6.07, 6.45) is 6.83. The Balaban J connectivity index is 1.48. The summed E-state index contributed by atoms with van der Waals surface area (Å²) in [6.45, 7) is 2.29. The minimum atomic E-state index is -0.812. The molecule has 1 aliphatic rings. The number of hydrogen-bond acceptors (Lipinski definition) is 0. The molecule has 0 bridgehead atoms. The summed E-state index contributed by atoms with van der Waals surface area (Å²) >= 11 is 0. The fourth-order valence-electron chi connectivity index (χ4n) is 4.82. The van der Waals surface area contributed by atoms with Gasteiger partial charge in [0.1, 0.15) is 0 Å². The van der Waals surface area contributed by atoms with Gasteiger partial charge in [0.05, 0.1) is 0 Å². The van der Waals surface area contributed by atoms with Crippen LogP contribution in [0.1, 0.15) is 50.5 Å². The zero-order valence-corrected chi connectivity index (χ0v) is 19.3. The zero-order chi connectivity index (χ0) is 21.6. The second-order valence-electron chi connectivity index (χ2n) is 8.78. The van der Waals surface area contributed by atoms with E-state index in [1.54, 1.807) is 6.07 Å². The minimum Gasteiger partial charge on any atom is -0.204 e. The van der Waals surface area contributed by atoms with E-state index in [2.05, 4.69) is 37.3 Å². The van der Waals surface area contributed by atoms with Crippen LogP contribution in [0.4, 0.5) is 8.78 Å². The summed E-state index contributed by atoms with van der Waals surface area (Å²) in [5.41, 5.74) is 5.23. The average molecular weight is 434 g/mol. The van der Waals surface area contributed by atoms with Crippen molar-refractivity contribution < 1.29 is 8.78 Å². The maximum absolute atomic E-state index is 13.8. The highest BCUT2D eigenvalue weighted by Gasteiger charge is 2.23. The third-order valence-corrected chi connectivity index (χ3v) is 9.73. The Hall–Kier alpha value is -2.26. The van der Waals surface area contributed by atoms with Crippen LogP contribution < -0.4 is 0 Å². The van der Waals surface area contributed by atoms with Crippen molar-refractivity contribution in [2.75, 3.05) is 0 Å². The molecule has 0 aromatic heterocycles. The number of rotatable bonds is 7. The summed E-state index contributed by atoms with van der Waals surface area (Å²) in [7, 11) is -0.110. The Labute approximate surface area is 186 Å². The number of hydrogen-bond donors (Lipinski definition) is 0. The molecule has 0 spiro atoms. The first-order chi connectivity index (χ1) is 15.2. The van der Waals surface area contributed by atoms with Crippen LogP contribution in [-0.2, 0) is 0 Å². The molecule has 0 N–H and O–H groups in total. The molecule has 4 rings (SSSR count). The molecule has 31 heavy (non-hydrogen) atoms. The largest absolute Gasteiger partial charge is 0.204 e. The van der Waals surface area contributed by atoms with Crippen molar-refractivity contribution in [3.05, 3.63) is 83.9 Å². The van der Waals surface area contributed by atoms with Gasteiger partial charge in [0.15, 0.2) is 11.6 Å². The first-order valence-corrected chi connectivity index (χ1v) is 13.8. The molecule has 3 aromatic carbocycles. The lowest BCUT2D eigenvalue weighted by Gasteiger charge is -2.28. The maximum atomic E-state index is 13.8. The second-order valence-corrected chi connectivity index (χ2v) is 11.8. The predicted molar refractivity (Wildman–Crippen MR) is 129 cm³/mol. The zero-order valence-electron chi connectivity index (χ0n) is 18.3. The van der Waals surface area contributed by atoms with Crippen molar-refractivity contribution in [1.82, 2.24) is 0 Å². The van der Waals surface area contributed by atoms with Crippen LogP contribution in [0, 0.1) is 11.6 Å².